The average Bonchev–Trinajstić information content (AvgIpc) is 3.01. The van der Waals surface area contributed by atoms with Gasteiger partial charge in [0.1, 0.15) is 0 Å². The number of hydrogen-bond donors (Lipinski definition) is 1. The molecular weight excluding hydrogens is 304 g/mol. The zero-order chi connectivity index (χ0) is 16.8. The molecule has 7 heteroatoms. The molecule has 1 amide bonds. The summed E-state index contributed by atoms with van der Waals surface area (Å²) in [6.07, 6.45) is 4.33. The van der Waals surface area contributed by atoms with Crippen molar-refractivity contribution in [3.63, 3.8) is 0 Å². The molecule has 124 valence electrons. The minimum absolute atomic E-state index is 0.0109. The van der Waals surface area contributed by atoms with Gasteiger partial charge in [-0.1, -0.05) is 30.3 Å². The average molecular weight is 324 g/mol. The Morgan fingerprint density at radius 3 is 2.79 bits per heavy atom. The maximum Gasteiger partial charge on any atom is 0.252 e. The molecule has 3 aromatic rings. The van der Waals surface area contributed by atoms with E-state index in [2.05, 4.69) is 15.1 Å². The van der Waals surface area contributed by atoms with Crippen LogP contribution in [-0.2, 0) is 17.8 Å². The summed E-state index contributed by atoms with van der Waals surface area (Å²) in [6.45, 7) is 1.73. The molecule has 2 N–H and O–H groups in total. The number of benzene rings is 1. The lowest BCUT2D eigenvalue weighted by molar-refractivity contribution is -0.131. The Kier molecular flexibility index (Phi) is 5.12. The van der Waals surface area contributed by atoms with Crippen LogP contribution in [0.1, 0.15) is 17.8 Å². The van der Waals surface area contributed by atoms with Gasteiger partial charge in [0.15, 0.2) is 5.82 Å². The predicted molar refractivity (Wildman–Crippen MR) is 90.0 cm³/mol. The van der Waals surface area contributed by atoms with Crippen molar-refractivity contribution < 1.29 is 4.79 Å². The first kappa shape index (κ1) is 16.1. The van der Waals surface area contributed by atoms with E-state index < -0.39 is 0 Å². The first-order valence-electron chi connectivity index (χ1n) is 7.94. The molecule has 24 heavy (non-hydrogen) atoms. The van der Waals surface area contributed by atoms with Gasteiger partial charge in [-0.05, 0) is 24.6 Å². The van der Waals surface area contributed by atoms with Gasteiger partial charge in [-0.15, -0.1) is 5.10 Å². The van der Waals surface area contributed by atoms with Gasteiger partial charge in [0, 0.05) is 25.5 Å². The van der Waals surface area contributed by atoms with Crippen LogP contribution < -0.4 is 5.73 Å². The largest absolute Gasteiger partial charge is 0.338 e. The number of amides is 1. The number of rotatable bonds is 7. The van der Waals surface area contributed by atoms with Crippen molar-refractivity contribution in [3.05, 3.63) is 60.2 Å². The molecule has 2 heterocycles. The fourth-order valence-electron chi connectivity index (χ4n) is 2.48. The Hall–Kier alpha value is -2.80. The third-order valence-electron chi connectivity index (χ3n) is 3.67. The maximum atomic E-state index is 12.7. The second-order valence-corrected chi connectivity index (χ2v) is 5.51. The normalized spacial score (nSPS) is 10.9. The summed E-state index contributed by atoms with van der Waals surface area (Å²) in [5.74, 6) is 0.963. The van der Waals surface area contributed by atoms with Crippen LogP contribution in [0.4, 0.5) is 0 Å². The molecule has 1 aromatic carbocycles. The van der Waals surface area contributed by atoms with Crippen molar-refractivity contribution in [1.29, 1.82) is 0 Å². The van der Waals surface area contributed by atoms with Crippen molar-refractivity contribution in [3.8, 4) is 0 Å². The van der Waals surface area contributed by atoms with Gasteiger partial charge in [-0.2, -0.15) is 4.98 Å². The highest BCUT2D eigenvalue weighted by atomic mass is 16.2. The van der Waals surface area contributed by atoms with E-state index in [4.69, 9.17) is 5.73 Å². The van der Waals surface area contributed by atoms with E-state index in [1.165, 1.54) is 0 Å². The van der Waals surface area contributed by atoms with Crippen molar-refractivity contribution in [2.45, 2.75) is 19.4 Å². The fraction of sp³-hybridized carbons (Fsp3) is 0.294. The smallest absolute Gasteiger partial charge is 0.252 e. The van der Waals surface area contributed by atoms with Gasteiger partial charge in [0.05, 0.1) is 6.42 Å². The third-order valence-corrected chi connectivity index (χ3v) is 3.67. The highest BCUT2D eigenvalue weighted by Crippen LogP contribution is 2.08. The highest BCUT2D eigenvalue weighted by molar-refractivity contribution is 5.78. The zero-order valence-electron chi connectivity index (χ0n) is 13.4. The standard InChI is InChI=1S/C17H20N6O/c18-8-4-10-22(13-14-6-2-1-3-7-14)16(24)12-15-20-17-19-9-5-11-23(17)21-15/h1-3,5-7,9,11H,4,8,10,12-13,18H2. The molecule has 0 fully saturated rings. The summed E-state index contributed by atoms with van der Waals surface area (Å²) >= 11 is 0. The summed E-state index contributed by atoms with van der Waals surface area (Å²) in [5, 5.41) is 4.29. The lowest BCUT2D eigenvalue weighted by atomic mass is 10.2. The molecule has 0 aliphatic rings. The lowest BCUT2D eigenvalue weighted by Gasteiger charge is -2.22. The minimum atomic E-state index is -0.0109. The molecule has 0 radical (unpaired) electrons. The Balaban J connectivity index is 1.72. The van der Waals surface area contributed by atoms with Crippen LogP contribution in [0.25, 0.3) is 5.78 Å². The second kappa shape index (κ2) is 7.65. The molecule has 0 saturated carbocycles. The first-order valence-corrected chi connectivity index (χ1v) is 7.94. The van der Waals surface area contributed by atoms with E-state index in [9.17, 15) is 4.79 Å². The molecule has 0 bridgehead atoms. The molecule has 0 spiro atoms. The third kappa shape index (κ3) is 3.94. The van der Waals surface area contributed by atoms with Gasteiger partial charge < -0.3 is 10.6 Å². The van der Waals surface area contributed by atoms with Gasteiger partial charge >= 0.3 is 0 Å². The molecular formula is C17H20N6O. The molecule has 7 nitrogen and oxygen atoms in total. The Morgan fingerprint density at radius 1 is 1.21 bits per heavy atom. The molecule has 0 aliphatic carbocycles. The molecule has 0 unspecified atom stereocenters. The number of hydrogen-bond acceptors (Lipinski definition) is 5. The minimum Gasteiger partial charge on any atom is -0.338 e. The van der Waals surface area contributed by atoms with Crippen molar-refractivity contribution in [1.82, 2.24) is 24.5 Å². The number of nitrogens with two attached hydrogens (primary N) is 1. The quantitative estimate of drug-likeness (QED) is 0.701. The number of nitrogens with zero attached hydrogens (tertiary/aromatic N) is 5. The van der Waals surface area contributed by atoms with E-state index in [1.807, 2.05) is 30.3 Å². The molecule has 0 atom stereocenters. The van der Waals surface area contributed by atoms with E-state index >= 15 is 0 Å². The monoisotopic (exact) mass is 324 g/mol. The Morgan fingerprint density at radius 2 is 2.04 bits per heavy atom. The topological polar surface area (TPSA) is 89.4 Å². The van der Waals surface area contributed by atoms with Gasteiger partial charge in [0.25, 0.3) is 5.78 Å². The molecule has 0 saturated heterocycles. The van der Waals surface area contributed by atoms with Crippen LogP contribution in [0.2, 0.25) is 0 Å². The number of carbonyl (C=O) groups is 1. The van der Waals surface area contributed by atoms with Crippen LogP contribution in [0, 0.1) is 0 Å². The van der Waals surface area contributed by atoms with E-state index in [1.54, 1.807) is 27.9 Å². The molecule has 3 rings (SSSR count). The Bertz CT molecular complexity index is 768. The maximum absolute atomic E-state index is 12.7. The highest BCUT2D eigenvalue weighted by Gasteiger charge is 2.17. The van der Waals surface area contributed by atoms with Gasteiger partial charge in [-0.3, -0.25) is 4.79 Å². The van der Waals surface area contributed by atoms with E-state index in [0.717, 1.165) is 12.0 Å². The summed E-state index contributed by atoms with van der Waals surface area (Å²) < 4.78 is 1.57. The number of carbonyl (C=O) groups excluding carboxylic acids is 1. The second-order valence-electron chi connectivity index (χ2n) is 5.51. The van der Waals surface area contributed by atoms with Crippen LogP contribution in [0.5, 0.6) is 0 Å². The number of fused-ring (bicyclic) bond motifs is 1. The SMILES string of the molecule is NCCCN(Cc1ccccc1)C(=O)Cc1nc2ncccn2n1. The van der Waals surface area contributed by atoms with Crippen molar-refractivity contribution >= 4 is 11.7 Å². The summed E-state index contributed by atoms with van der Waals surface area (Å²) in [6, 6.07) is 11.7. The first-order chi connectivity index (χ1) is 11.8. The summed E-state index contributed by atoms with van der Waals surface area (Å²) in [7, 11) is 0. The fourth-order valence-corrected chi connectivity index (χ4v) is 2.48. The number of aromatic nitrogens is 4. The van der Waals surface area contributed by atoms with Crippen LogP contribution in [0.3, 0.4) is 0 Å². The molecule has 0 aliphatic heterocycles. The Labute approximate surface area is 140 Å². The van der Waals surface area contributed by atoms with Crippen molar-refractivity contribution in [2.24, 2.45) is 5.73 Å². The zero-order valence-corrected chi connectivity index (χ0v) is 13.4. The van der Waals surface area contributed by atoms with Crippen molar-refractivity contribution in [2.75, 3.05) is 13.1 Å². The van der Waals surface area contributed by atoms with E-state index in [-0.39, 0.29) is 12.3 Å². The lowest BCUT2D eigenvalue weighted by Crippen LogP contribution is -2.34. The van der Waals surface area contributed by atoms with Crippen LogP contribution in [0.15, 0.2) is 48.8 Å². The predicted octanol–water partition coefficient (Wildman–Crippen LogP) is 1.04. The van der Waals surface area contributed by atoms with Gasteiger partial charge in [-0.25, -0.2) is 9.50 Å². The van der Waals surface area contributed by atoms with Crippen LogP contribution in [-0.4, -0.2) is 43.5 Å². The van der Waals surface area contributed by atoms with Gasteiger partial charge in [0.2, 0.25) is 5.91 Å². The van der Waals surface area contributed by atoms with Crippen LogP contribution >= 0.6 is 0 Å². The van der Waals surface area contributed by atoms with E-state index in [0.29, 0.717) is 31.2 Å². The molecule has 2 aromatic heterocycles. The summed E-state index contributed by atoms with van der Waals surface area (Å²) in [4.78, 5) is 22.9. The summed E-state index contributed by atoms with van der Waals surface area (Å²) in [5.41, 5.74) is 6.69.